The lowest BCUT2D eigenvalue weighted by atomic mass is 9.64. The van der Waals surface area contributed by atoms with E-state index < -0.39 is 0 Å². The van der Waals surface area contributed by atoms with Crippen molar-refractivity contribution in [2.45, 2.75) is 30.6 Å². The molecule has 4 aliphatic rings. The average Bonchev–Trinajstić information content (AvgIpc) is 3.78. The molecule has 0 saturated carbocycles. The molecule has 1 spiro atoms. The van der Waals surface area contributed by atoms with Gasteiger partial charge in [-0.3, -0.25) is 0 Å². The van der Waals surface area contributed by atoms with Gasteiger partial charge in [0.1, 0.15) is 0 Å². The van der Waals surface area contributed by atoms with Crippen molar-refractivity contribution >= 4 is 17.1 Å². The summed E-state index contributed by atoms with van der Waals surface area (Å²) in [7, 11) is 0. The smallest absolute Gasteiger partial charge is 0.0544 e. The number of allylic oxidation sites excluding steroid dienone is 4. The van der Waals surface area contributed by atoms with Gasteiger partial charge in [0.05, 0.1) is 5.41 Å². The minimum atomic E-state index is -0.269. The normalized spacial score (nSPS) is 20.3. The van der Waals surface area contributed by atoms with Gasteiger partial charge in [-0.1, -0.05) is 166 Å². The SMILES string of the molecule is CC1(C)c2ccccc2-c2ccc(N(c3ccccc3)c3ccc(-c4cccc5c4C4(c6ccccc6-5)c5ccccc5C5C=CC=CC54)cc3)cc21. The summed E-state index contributed by atoms with van der Waals surface area (Å²) in [5.41, 5.74) is 19.6. The Hall–Kier alpha value is -6.18. The lowest BCUT2D eigenvalue weighted by Gasteiger charge is -2.37. The predicted molar refractivity (Wildman–Crippen MR) is 220 cm³/mol. The molecule has 4 aliphatic carbocycles. The van der Waals surface area contributed by atoms with Crippen LogP contribution in [-0.2, 0) is 10.8 Å². The Morgan fingerprint density at radius 3 is 1.83 bits per heavy atom. The second kappa shape index (κ2) is 11.2. The molecular weight excluding hydrogens is 639 g/mol. The van der Waals surface area contributed by atoms with E-state index in [4.69, 9.17) is 0 Å². The topological polar surface area (TPSA) is 3.24 Å². The van der Waals surface area contributed by atoms with Gasteiger partial charge in [0, 0.05) is 34.3 Å². The second-order valence-corrected chi connectivity index (χ2v) is 15.6. The lowest BCUT2D eigenvalue weighted by molar-refractivity contribution is 0.466. The average molecular weight is 678 g/mol. The molecule has 0 bridgehead atoms. The van der Waals surface area contributed by atoms with Gasteiger partial charge in [-0.2, -0.15) is 0 Å². The Morgan fingerprint density at radius 2 is 1.02 bits per heavy atom. The van der Waals surface area contributed by atoms with Crippen molar-refractivity contribution in [3.05, 3.63) is 221 Å². The van der Waals surface area contributed by atoms with Crippen LogP contribution in [0.5, 0.6) is 0 Å². The number of anilines is 3. The van der Waals surface area contributed by atoms with Crippen molar-refractivity contribution in [2.75, 3.05) is 4.90 Å². The zero-order valence-electron chi connectivity index (χ0n) is 30.0. The molecule has 3 unspecified atom stereocenters. The van der Waals surface area contributed by atoms with Crippen molar-refractivity contribution in [1.82, 2.24) is 0 Å². The first-order valence-corrected chi connectivity index (χ1v) is 18.9. The van der Waals surface area contributed by atoms with Crippen molar-refractivity contribution in [3.63, 3.8) is 0 Å². The third kappa shape index (κ3) is 4.08. The highest BCUT2D eigenvalue weighted by Crippen LogP contribution is 2.66. The summed E-state index contributed by atoms with van der Waals surface area (Å²) in [6.07, 6.45) is 9.41. The lowest BCUT2D eigenvalue weighted by Crippen LogP contribution is -2.33. The second-order valence-electron chi connectivity index (χ2n) is 15.6. The summed E-state index contributed by atoms with van der Waals surface area (Å²) in [6, 6.07) is 61.4. The van der Waals surface area contributed by atoms with E-state index in [-0.39, 0.29) is 10.8 Å². The fourth-order valence-electron chi connectivity index (χ4n) is 10.6. The molecule has 3 atom stereocenters. The molecule has 1 heteroatoms. The Morgan fingerprint density at radius 1 is 0.434 bits per heavy atom. The molecule has 0 amide bonds. The third-order valence-electron chi connectivity index (χ3n) is 12.8. The van der Waals surface area contributed by atoms with Crippen LogP contribution in [0.2, 0.25) is 0 Å². The fourth-order valence-corrected chi connectivity index (χ4v) is 10.6. The van der Waals surface area contributed by atoms with E-state index in [2.05, 4.69) is 207 Å². The minimum Gasteiger partial charge on any atom is -0.310 e. The summed E-state index contributed by atoms with van der Waals surface area (Å²) in [4.78, 5) is 2.41. The molecule has 0 aromatic heterocycles. The highest BCUT2D eigenvalue weighted by Gasteiger charge is 2.57. The molecule has 11 rings (SSSR count). The molecule has 0 fully saturated rings. The van der Waals surface area contributed by atoms with Crippen LogP contribution in [0.3, 0.4) is 0 Å². The van der Waals surface area contributed by atoms with Crippen molar-refractivity contribution < 1.29 is 0 Å². The standard InChI is InChI=1S/C52H39N/c1-51(2)45-23-10-6-17-39(45)43-32-31-37(33-49(43)51)53(35-15-4-3-5-16-35)36-29-27-34(28-30-36)38-21-14-22-44-42-20-9-13-26-48(42)52(50(38)44)46-24-11-7-18-40(46)41-19-8-12-25-47(41)52/h3-33,40,46H,1-2H3. The Bertz CT molecular complexity index is 2660. The van der Waals surface area contributed by atoms with E-state index in [0.29, 0.717) is 11.8 Å². The summed E-state index contributed by atoms with van der Waals surface area (Å²) >= 11 is 0. The molecule has 7 aromatic carbocycles. The number of benzene rings is 7. The van der Waals surface area contributed by atoms with Crippen LogP contribution >= 0.6 is 0 Å². The van der Waals surface area contributed by atoms with E-state index in [9.17, 15) is 0 Å². The molecule has 1 nitrogen and oxygen atoms in total. The number of hydrogen-bond acceptors (Lipinski definition) is 1. The van der Waals surface area contributed by atoms with E-state index in [1.54, 1.807) is 0 Å². The molecule has 0 aliphatic heterocycles. The van der Waals surface area contributed by atoms with Crippen molar-refractivity contribution in [2.24, 2.45) is 5.92 Å². The van der Waals surface area contributed by atoms with Gasteiger partial charge < -0.3 is 4.90 Å². The van der Waals surface area contributed by atoms with Gasteiger partial charge in [0.25, 0.3) is 0 Å². The zero-order valence-corrected chi connectivity index (χ0v) is 30.0. The van der Waals surface area contributed by atoms with Gasteiger partial charge >= 0.3 is 0 Å². The van der Waals surface area contributed by atoms with Crippen LogP contribution in [0, 0.1) is 5.92 Å². The first-order chi connectivity index (χ1) is 26.1. The highest BCUT2D eigenvalue weighted by molar-refractivity contribution is 5.93. The summed E-state index contributed by atoms with van der Waals surface area (Å²) < 4.78 is 0. The molecular formula is C52H39N. The molecule has 252 valence electrons. The number of hydrogen-bond donors (Lipinski definition) is 0. The number of fused-ring (bicyclic) bond motifs is 13. The van der Waals surface area contributed by atoms with Gasteiger partial charge in [-0.05, 0) is 103 Å². The van der Waals surface area contributed by atoms with Gasteiger partial charge in [-0.15, -0.1) is 0 Å². The van der Waals surface area contributed by atoms with E-state index >= 15 is 0 Å². The molecule has 0 N–H and O–H groups in total. The Balaban J connectivity index is 1.07. The molecule has 0 radical (unpaired) electrons. The zero-order chi connectivity index (χ0) is 35.3. The Kier molecular flexibility index (Phi) is 6.41. The van der Waals surface area contributed by atoms with Crippen LogP contribution in [0.15, 0.2) is 188 Å². The summed E-state index contributed by atoms with van der Waals surface area (Å²) in [6.45, 7) is 4.72. The maximum Gasteiger partial charge on any atom is 0.0544 e. The predicted octanol–water partition coefficient (Wildman–Crippen LogP) is 13.3. The van der Waals surface area contributed by atoms with E-state index in [0.717, 1.165) is 11.4 Å². The fraction of sp³-hybridized carbons (Fsp3) is 0.115. The number of para-hydroxylation sites is 1. The van der Waals surface area contributed by atoms with Crippen LogP contribution in [0.1, 0.15) is 53.1 Å². The Labute approximate surface area is 312 Å². The van der Waals surface area contributed by atoms with Crippen LogP contribution in [0.4, 0.5) is 17.1 Å². The summed E-state index contributed by atoms with van der Waals surface area (Å²) in [5.74, 6) is 0.645. The largest absolute Gasteiger partial charge is 0.310 e. The molecule has 53 heavy (non-hydrogen) atoms. The minimum absolute atomic E-state index is 0.0729. The van der Waals surface area contributed by atoms with E-state index in [1.165, 1.54) is 72.4 Å². The van der Waals surface area contributed by atoms with Crippen LogP contribution in [0.25, 0.3) is 33.4 Å². The third-order valence-corrected chi connectivity index (χ3v) is 12.8. The summed E-state index contributed by atoms with van der Waals surface area (Å²) in [5, 5.41) is 0. The maximum absolute atomic E-state index is 2.48. The first-order valence-electron chi connectivity index (χ1n) is 18.9. The van der Waals surface area contributed by atoms with Crippen molar-refractivity contribution in [3.8, 4) is 33.4 Å². The number of nitrogens with zero attached hydrogens (tertiary/aromatic N) is 1. The van der Waals surface area contributed by atoms with Gasteiger partial charge in [0.2, 0.25) is 0 Å². The molecule has 0 heterocycles. The molecule has 0 saturated heterocycles. The van der Waals surface area contributed by atoms with Crippen LogP contribution < -0.4 is 4.90 Å². The maximum atomic E-state index is 2.48. The van der Waals surface area contributed by atoms with Gasteiger partial charge in [0.15, 0.2) is 0 Å². The molecule has 7 aromatic rings. The first kappa shape index (κ1) is 30.4. The monoisotopic (exact) mass is 677 g/mol. The quantitative estimate of drug-likeness (QED) is 0.179. The van der Waals surface area contributed by atoms with Gasteiger partial charge in [-0.25, -0.2) is 0 Å². The number of rotatable bonds is 4. The van der Waals surface area contributed by atoms with Crippen LogP contribution in [-0.4, -0.2) is 0 Å². The van der Waals surface area contributed by atoms with E-state index in [1.807, 2.05) is 0 Å². The highest BCUT2D eigenvalue weighted by atomic mass is 15.1. The van der Waals surface area contributed by atoms with Crippen molar-refractivity contribution in [1.29, 1.82) is 0 Å².